The summed E-state index contributed by atoms with van der Waals surface area (Å²) < 4.78 is 0. The molecule has 0 atom stereocenters. The third-order valence-corrected chi connectivity index (χ3v) is 2.26. The van der Waals surface area contributed by atoms with E-state index in [0.29, 0.717) is 6.54 Å². The minimum absolute atomic E-state index is 0.229. The number of carbonyl (C=O) groups is 1. The molecule has 14 heavy (non-hydrogen) atoms. The Morgan fingerprint density at radius 2 is 2.14 bits per heavy atom. The van der Waals surface area contributed by atoms with Gasteiger partial charge in [-0.05, 0) is 39.4 Å². The van der Waals surface area contributed by atoms with Crippen LogP contribution in [0.4, 0.5) is 0 Å². The number of hydrogen-bond donors (Lipinski definition) is 1. The van der Waals surface area contributed by atoms with Crippen LogP contribution in [-0.2, 0) is 4.79 Å². The Morgan fingerprint density at radius 3 is 2.86 bits per heavy atom. The standard InChI is InChI=1S/C11H20N2O/c1-10(2)8-11(14)9-13-6-3-4-12-5-7-13/h8,12H,3-7,9H2,1-2H3. The lowest BCUT2D eigenvalue weighted by Crippen LogP contribution is -2.32. The van der Waals surface area contributed by atoms with Gasteiger partial charge in [0.25, 0.3) is 0 Å². The monoisotopic (exact) mass is 196 g/mol. The Bertz CT molecular complexity index is 211. The molecule has 0 radical (unpaired) electrons. The summed E-state index contributed by atoms with van der Waals surface area (Å²) in [4.78, 5) is 13.7. The van der Waals surface area contributed by atoms with E-state index in [4.69, 9.17) is 0 Å². The normalized spacial score (nSPS) is 18.7. The van der Waals surface area contributed by atoms with Crippen molar-refractivity contribution in [3.8, 4) is 0 Å². The summed E-state index contributed by atoms with van der Waals surface area (Å²) in [7, 11) is 0. The summed E-state index contributed by atoms with van der Waals surface area (Å²) in [5.41, 5.74) is 1.09. The molecule has 3 nitrogen and oxygen atoms in total. The Hall–Kier alpha value is -0.670. The topological polar surface area (TPSA) is 32.3 Å². The van der Waals surface area contributed by atoms with E-state index in [-0.39, 0.29) is 5.78 Å². The first kappa shape index (κ1) is 11.4. The average Bonchev–Trinajstić information content (AvgIpc) is 2.31. The summed E-state index contributed by atoms with van der Waals surface area (Å²) in [6.07, 6.45) is 2.88. The fourth-order valence-electron chi connectivity index (χ4n) is 1.65. The van der Waals surface area contributed by atoms with Gasteiger partial charge >= 0.3 is 0 Å². The Kier molecular flexibility index (Phi) is 4.84. The van der Waals surface area contributed by atoms with E-state index in [2.05, 4.69) is 10.2 Å². The minimum Gasteiger partial charge on any atom is -0.315 e. The molecule has 3 heteroatoms. The molecule has 0 saturated carbocycles. The molecule has 1 fully saturated rings. The van der Waals surface area contributed by atoms with Crippen molar-refractivity contribution in [2.24, 2.45) is 0 Å². The van der Waals surface area contributed by atoms with E-state index < -0.39 is 0 Å². The number of allylic oxidation sites excluding steroid dienone is 1. The van der Waals surface area contributed by atoms with Crippen LogP contribution in [0.15, 0.2) is 11.6 Å². The van der Waals surface area contributed by atoms with Crippen LogP contribution in [0.1, 0.15) is 20.3 Å². The van der Waals surface area contributed by atoms with Gasteiger partial charge in [0.15, 0.2) is 5.78 Å². The van der Waals surface area contributed by atoms with Crippen LogP contribution in [0.2, 0.25) is 0 Å². The zero-order valence-corrected chi connectivity index (χ0v) is 9.18. The first-order valence-electron chi connectivity index (χ1n) is 5.29. The fourth-order valence-corrected chi connectivity index (χ4v) is 1.65. The van der Waals surface area contributed by atoms with Crippen LogP contribution in [0.25, 0.3) is 0 Å². The van der Waals surface area contributed by atoms with Crippen molar-refractivity contribution in [2.45, 2.75) is 20.3 Å². The van der Waals surface area contributed by atoms with Crippen molar-refractivity contribution < 1.29 is 4.79 Å². The van der Waals surface area contributed by atoms with Crippen LogP contribution in [0, 0.1) is 0 Å². The third kappa shape index (κ3) is 4.53. The Labute approximate surface area is 86.2 Å². The predicted molar refractivity (Wildman–Crippen MR) is 58.4 cm³/mol. The van der Waals surface area contributed by atoms with Crippen molar-refractivity contribution in [3.63, 3.8) is 0 Å². The van der Waals surface area contributed by atoms with E-state index >= 15 is 0 Å². The highest BCUT2D eigenvalue weighted by atomic mass is 16.1. The van der Waals surface area contributed by atoms with Gasteiger partial charge in [0.1, 0.15) is 0 Å². The lowest BCUT2D eigenvalue weighted by Gasteiger charge is -2.17. The highest BCUT2D eigenvalue weighted by molar-refractivity contribution is 5.91. The van der Waals surface area contributed by atoms with Gasteiger partial charge in [-0.3, -0.25) is 9.69 Å². The summed E-state index contributed by atoms with van der Waals surface area (Å²) in [6, 6.07) is 0. The Balaban J connectivity index is 2.34. The number of nitrogens with zero attached hydrogens (tertiary/aromatic N) is 1. The highest BCUT2D eigenvalue weighted by Gasteiger charge is 2.10. The zero-order chi connectivity index (χ0) is 10.4. The molecule has 1 saturated heterocycles. The van der Waals surface area contributed by atoms with E-state index in [1.807, 2.05) is 13.8 Å². The maximum absolute atomic E-state index is 11.5. The van der Waals surface area contributed by atoms with Crippen LogP contribution in [0.5, 0.6) is 0 Å². The Morgan fingerprint density at radius 1 is 1.36 bits per heavy atom. The van der Waals surface area contributed by atoms with E-state index in [9.17, 15) is 4.79 Å². The molecule has 1 aliphatic heterocycles. The molecule has 0 aromatic carbocycles. The van der Waals surface area contributed by atoms with Gasteiger partial charge in [-0.25, -0.2) is 0 Å². The van der Waals surface area contributed by atoms with E-state index in [0.717, 1.165) is 38.2 Å². The second kappa shape index (κ2) is 5.94. The number of ketones is 1. The molecule has 0 spiro atoms. The third-order valence-electron chi connectivity index (χ3n) is 2.26. The first-order chi connectivity index (χ1) is 6.68. The second-order valence-corrected chi connectivity index (χ2v) is 4.07. The van der Waals surface area contributed by atoms with E-state index in [1.165, 1.54) is 0 Å². The molecule has 0 unspecified atom stereocenters. The van der Waals surface area contributed by atoms with Crippen LogP contribution >= 0.6 is 0 Å². The summed E-state index contributed by atoms with van der Waals surface area (Å²) in [6.45, 7) is 8.60. The largest absolute Gasteiger partial charge is 0.315 e. The minimum atomic E-state index is 0.229. The SMILES string of the molecule is CC(C)=CC(=O)CN1CCCNCC1. The quantitative estimate of drug-likeness (QED) is 0.678. The van der Waals surface area contributed by atoms with Crippen molar-refractivity contribution in [3.05, 3.63) is 11.6 Å². The molecule has 80 valence electrons. The van der Waals surface area contributed by atoms with Gasteiger partial charge in [-0.15, -0.1) is 0 Å². The molecule has 0 bridgehead atoms. The van der Waals surface area contributed by atoms with Gasteiger partial charge < -0.3 is 5.32 Å². The number of rotatable bonds is 3. The average molecular weight is 196 g/mol. The van der Waals surface area contributed by atoms with Gasteiger partial charge in [-0.1, -0.05) is 5.57 Å². The second-order valence-electron chi connectivity index (χ2n) is 4.07. The molecule has 1 rings (SSSR count). The van der Waals surface area contributed by atoms with Crippen molar-refractivity contribution >= 4 is 5.78 Å². The van der Waals surface area contributed by atoms with Crippen LogP contribution in [0.3, 0.4) is 0 Å². The summed E-state index contributed by atoms with van der Waals surface area (Å²) in [5.74, 6) is 0.229. The molecule has 1 N–H and O–H groups in total. The maximum Gasteiger partial charge on any atom is 0.169 e. The summed E-state index contributed by atoms with van der Waals surface area (Å²) in [5, 5.41) is 3.32. The van der Waals surface area contributed by atoms with Crippen molar-refractivity contribution in [2.75, 3.05) is 32.7 Å². The van der Waals surface area contributed by atoms with Crippen LogP contribution < -0.4 is 5.32 Å². The highest BCUT2D eigenvalue weighted by Crippen LogP contribution is 1.97. The summed E-state index contributed by atoms with van der Waals surface area (Å²) >= 11 is 0. The maximum atomic E-state index is 11.5. The van der Waals surface area contributed by atoms with Gasteiger partial charge in [0.2, 0.25) is 0 Å². The molecule has 0 amide bonds. The molecule has 0 aliphatic carbocycles. The zero-order valence-electron chi connectivity index (χ0n) is 9.18. The number of hydrogen-bond acceptors (Lipinski definition) is 3. The van der Waals surface area contributed by atoms with Gasteiger partial charge in [-0.2, -0.15) is 0 Å². The van der Waals surface area contributed by atoms with Crippen molar-refractivity contribution in [1.29, 1.82) is 0 Å². The number of nitrogens with one attached hydrogen (secondary N) is 1. The van der Waals surface area contributed by atoms with Gasteiger partial charge in [0.05, 0.1) is 6.54 Å². The number of carbonyl (C=O) groups excluding carboxylic acids is 1. The fraction of sp³-hybridized carbons (Fsp3) is 0.727. The predicted octanol–water partition coefficient (Wildman–Crippen LogP) is 0.817. The molecule has 1 aliphatic rings. The molecule has 0 aromatic rings. The molecular formula is C11H20N2O. The van der Waals surface area contributed by atoms with E-state index in [1.54, 1.807) is 6.08 Å². The van der Waals surface area contributed by atoms with Crippen molar-refractivity contribution in [1.82, 2.24) is 10.2 Å². The smallest absolute Gasteiger partial charge is 0.169 e. The first-order valence-corrected chi connectivity index (χ1v) is 5.29. The molecule has 1 heterocycles. The lowest BCUT2D eigenvalue weighted by molar-refractivity contribution is -0.115. The molecule has 0 aromatic heterocycles. The molecular weight excluding hydrogens is 176 g/mol. The lowest BCUT2D eigenvalue weighted by atomic mass is 10.2. The van der Waals surface area contributed by atoms with Gasteiger partial charge in [0, 0.05) is 13.1 Å². The van der Waals surface area contributed by atoms with Crippen LogP contribution in [-0.4, -0.2) is 43.4 Å².